The number of hydrogen-bond donors (Lipinski definition) is 1. The van der Waals surface area contributed by atoms with Crippen molar-refractivity contribution in [3.8, 4) is 0 Å². The molecule has 0 fully saturated rings. The number of pyridine rings is 2. The van der Waals surface area contributed by atoms with Crippen LogP contribution in [0.3, 0.4) is 0 Å². The summed E-state index contributed by atoms with van der Waals surface area (Å²) in [4.78, 5) is 19.6. The molecule has 0 spiro atoms. The summed E-state index contributed by atoms with van der Waals surface area (Å²) in [6.45, 7) is 2.06. The molecule has 0 saturated heterocycles. The highest BCUT2D eigenvalue weighted by Crippen LogP contribution is 2.28. The van der Waals surface area contributed by atoms with Gasteiger partial charge in [-0.05, 0) is 60.6 Å². The van der Waals surface area contributed by atoms with Crippen LogP contribution in [0.1, 0.15) is 28.7 Å². The Morgan fingerprint density at radius 3 is 2.36 bits per heavy atom. The molecule has 0 aliphatic carbocycles. The molecule has 0 aliphatic rings. The number of aromatic nitrogens is 2. The van der Waals surface area contributed by atoms with E-state index in [0.29, 0.717) is 12.2 Å². The maximum atomic E-state index is 10.5. The van der Waals surface area contributed by atoms with E-state index in [4.69, 9.17) is 5.73 Å². The van der Waals surface area contributed by atoms with E-state index in [1.54, 1.807) is 0 Å². The fourth-order valence-electron chi connectivity index (χ4n) is 3.59. The van der Waals surface area contributed by atoms with Gasteiger partial charge in [0.05, 0.1) is 5.52 Å². The minimum Gasteiger partial charge on any atom is -0.382 e. The van der Waals surface area contributed by atoms with Crippen LogP contribution in [0.5, 0.6) is 0 Å². The number of benzene rings is 2. The molecular weight excluding hydrogens is 346 g/mol. The number of carbonyl (C=O) groups excluding carboxylic acids is 1. The summed E-state index contributed by atoms with van der Waals surface area (Å²) >= 11 is 0. The number of nitrogen functional groups attached to an aromatic ring is 1. The molecule has 0 bridgehead atoms. The summed E-state index contributed by atoms with van der Waals surface area (Å²) in [6, 6.07) is 17.0. The lowest BCUT2D eigenvalue weighted by molar-refractivity contribution is -0.107. The van der Waals surface area contributed by atoms with Crippen LogP contribution in [0.25, 0.3) is 21.8 Å². The van der Waals surface area contributed by atoms with Crippen molar-refractivity contribution in [3.05, 3.63) is 77.0 Å². The molecule has 4 aromatic rings. The number of nitrogens with zero attached hydrogens (tertiary/aromatic N) is 2. The van der Waals surface area contributed by atoms with Gasteiger partial charge in [-0.2, -0.15) is 0 Å². The van der Waals surface area contributed by atoms with Gasteiger partial charge in [-0.25, -0.2) is 4.98 Å². The van der Waals surface area contributed by atoms with Crippen molar-refractivity contribution in [1.29, 1.82) is 0 Å². The number of nitrogens with two attached hydrogens (primary N) is 1. The van der Waals surface area contributed by atoms with Crippen LogP contribution in [-0.2, 0) is 24.1 Å². The summed E-state index contributed by atoms with van der Waals surface area (Å²) < 4.78 is 0. The van der Waals surface area contributed by atoms with E-state index in [1.165, 1.54) is 22.3 Å². The van der Waals surface area contributed by atoms with Crippen LogP contribution < -0.4 is 5.73 Å². The van der Waals surface area contributed by atoms with E-state index in [9.17, 15) is 4.79 Å². The summed E-state index contributed by atoms with van der Waals surface area (Å²) in [6.07, 6.45) is 6.10. The molecule has 2 heterocycles. The van der Waals surface area contributed by atoms with Crippen molar-refractivity contribution < 1.29 is 4.79 Å². The second-order valence-corrected chi connectivity index (χ2v) is 7.28. The Hall–Kier alpha value is -3.27. The number of aryl methyl sites for hydroxylation is 4. The quantitative estimate of drug-likeness (QED) is 0.399. The first-order chi connectivity index (χ1) is 13.6. The zero-order valence-electron chi connectivity index (χ0n) is 16.0. The normalized spacial score (nSPS) is 11.2. The highest BCUT2D eigenvalue weighted by molar-refractivity contribution is 6.08. The van der Waals surface area contributed by atoms with Gasteiger partial charge >= 0.3 is 0 Å². The molecule has 4 rings (SSSR count). The molecule has 0 saturated carbocycles. The fraction of sp³-hybridized carbons (Fsp3) is 0.208. The Morgan fingerprint density at radius 1 is 0.893 bits per heavy atom. The fourth-order valence-corrected chi connectivity index (χ4v) is 3.59. The maximum absolute atomic E-state index is 10.5. The molecule has 2 N–H and O–H groups in total. The number of aldehydes is 1. The van der Waals surface area contributed by atoms with E-state index in [2.05, 4.69) is 65.4 Å². The highest BCUT2D eigenvalue weighted by atomic mass is 16.1. The molecule has 2 aromatic heterocycles. The maximum Gasteiger partial charge on any atom is 0.150 e. The van der Waals surface area contributed by atoms with E-state index < -0.39 is 0 Å². The number of carbonyl (C=O) groups is 1. The zero-order chi connectivity index (χ0) is 19.5. The zero-order valence-corrected chi connectivity index (χ0v) is 16.0. The monoisotopic (exact) mass is 369 g/mol. The van der Waals surface area contributed by atoms with Gasteiger partial charge < -0.3 is 10.5 Å². The third-order valence-electron chi connectivity index (χ3n) is 5.15. The van der Waals surface area contributed by atoms with Crippen LogP contribution >= 0.6 is 0 Å². The van der Waals surface area contributed by atoms with Gasteiger partial charge in [-0.3, -0.25) is 4.98 Å². The van der Waals surface area contributed by atoms with Crippen LogP contribution in [0.15, 0.2) is 54.7 Å². The van der Waals surface area contributed by atoms with E-state index in [0.717, 1.165) is 47.4 Å². The van der Waals surface area contributed by atoms with Gasteiger partial charge in [0.1, 0.15) is 11.8 Å². The van der Waals surface area contributed by atoms with Crippen LogP contribution in [0.4, 0.5) is 5.82 Å². The van der Waals surface area contributed by atoms with Gasteiger partial charge in [0.15, 0.2) is 5.82 Å². The predicted octanol–water partition coefficient (Wildman–Crippen LogP) is 4.59. The highest BCUT2D eigenvalue weighted by Gasteiger charge is 2.09. The van der Waals surface area contributed by atoms with Crippen molar-refractivity contribution in [3.63, 3.8) is 0 Å². The first-order valence-corrected chi connectivity index (χ1v) is 9.60. The third-order valence-corrected chi connectivity index (χ3v) is 5.15. The summed E-state index contributed by atoms with van der Waals surface area (Å²) in [5.41, 5.74) is 12.7. The molecule has 0 amide bonds. The lowest BCUT2D eigenvalue weighted by atomic mass is 10.0. The number of hydrogen-bond acceptors (Lipinski definition) is 4. The molecular formula is C24H23N3O. The van der Waals surface area contributed by atoms with E-state index >= 15 is 0 Å². The lowest BCUT2D eigenvalue weighted by Gasteiger charge is -2.09. The van der Waals surface area contributed by atoms with Gasteiger partial charge in [0.2, 0.25) is 0 Å². The SMILES string of the molecule is Cc1ccc2c(c1)nc(N)c1ncc(CCc3ccc(CCC=O)cc3)cc12. The Labute approximate surface area is 164 Å². The second-order valence-electron chi connectivity index (χ2n) is 7.28. The predicted molar refractivity (Wildman–Crippen MR) is 114 cm³/mol. The Bertz CT molecular complexity index is 1150. The molecule has 28 heavy (non-hydrogen) atoms. The van der Waals surface area contributed by atoms with E-state index in [1.807, 2.05) is 6.20 Å². The van der Waals surface area contributed by atoms with Crippen molar-refractivity contribution in [2.24, 2.45) is 0 Å². The molecule has 0 atom stereocenters. The number of anilines is 1. The topological polar surface area (TPSA) is 68.9 Å². The minimum atomic E-state index is 0.477. The van der Waals surface area contributed by atoms with Gasteiger partial charge in [-0.15, -0.1) is 0 Å². The molecule has 2 aromatic carbocycles. The summed E-state index contributed by atoms with van der Waals surface area (Å²) in [5, 5.41) is 2.15. The van der Waals surface area contributed by atoms with E-state index in [-0.39, 0.29) is 0 Å². The number of rotatable bonds is 6. The Balaban J connectivity index is 1.59. The average Bonchev–Trinajstić information content (AvgIpc) is 2.71. The van der Waals surface area contributed by atoms with Crippen LogP contribution in [0.2, 0.25) is 0 Å². The van der Waals surface area contributed by atoms with Gasteiger partial charge in [0.25, 0.3) is 0 Å². The molecule has 0 radical (unpaired) electrons. The smallest absolute Gasteiger partial charge is 0.150 e. The largest absolute Gasteiger partial charge is 0.382 e. The standard InChI is InChI=1S/C24H23N3O/c1-16-4-11-20-21-14-19(15-26-23(21)24(25)27-22(20)13-16)10-9-18-7-5-17(6-8-18)3-2-12-28/h4-8,11-15H,2-3,9-10H2,1H3,(H2,25,27). The minimum absolute atomic E-state index is 0.477. The van der Waals surface area contributed by atoms with Crippen molar-refractivity contribution in [2.75, 3.05) is 5.73 Å². The van der Waals surface area contributed by atoms with Crippen molar-refractivity contribution >= 4 is 33.9 Å². The first-order valence-electron chi connectivity index (χ1n) is 9.60. The van der Waals surface area contributed by atoms with Gasteiger partial charge in [-0.1, -0.05) is 36.4 Å². The van der Waals surface area contributed by atoms with Crippen molar-refractivity contribution in [1.82, 2.24) is 9.97 Å². The first kappa shape index (κ1) is 18.1. The van der Waals surface area contributed by atoms with Gasteiger partial charge in [0, 0.05) is 23.4 Å². The van der Waals surface area contributed by atoms with Crippen LogP contribution in [0, 0.1) is 6.92 Å². The lowest BCUT2D eigenvalue weighted by Crippen LogP contribution is -1.98. The van der Waals surface area contributed by atoms with Crippen LogP contribution in [-0.4, -0.2) is 16.3 Å². The molecule has 4 nitrogen and oxygen atoms in total. The van der Waals surface area contributed by atoms with Crippen molar-refractivity contribution in [2.45, 2.75) is 32.6 Å². The number of fused-ring (bicyclic) bond motifs is 3. The molecule has 0 aliphatic heterocycles. The molecule has 140 valence electrons. The Kier molecular flexibility index (Phi) is 5.02. The second kappa shape index (κ2) is 7.77. The molecule has 4 heteroatoms. The molecule has 0 unspecified atom stereocenters. The summed E-state index contributed by atoms with van der Waals surface area (Å²) in [7, 11) is 0. The average molecular weight is 369 g/mol. The Morgan fingerprint density at radius 2 is 1.61 bits per heavy atom. The summed E-state index contributed by atoms with van der Waals surface area (Å²) in [5.74, 6) is 0.477. The third kappa shape index (κ3) is 3.72.